The van der Waals surface area contributed by atoms with E-state index >= 15 is 0 Å². The highest BCUT2D eigenvalue weighted by Gasteiger charge is 2.16. The Balaban J connectivity index is 1.66. The number of ether oxygens (including phenoxy) is 1. The first kappa shape index (κ1) is 22.1. The van der Waals surface area contributed by atoms with Crippen LogP contribution in [0.3, 0.4) is 0 Å². The van der Waals surface area contributed by atoms with Crippen LogP contribution in [0.25, 0.3) is 11.4 Å². The highest BCUT2D eigenvalue weighted by molar-refractivity contribution is 7.71. The van der Waals surface area contributed by atoms with Crippen LogP contribution in [0.2, 0.25) is 0 Å². The summed E-state index contributed by atoms with van der Waals surface area (Å²) in [6.07, 6.45) is 3.55. The molecule has 4 rings (SSSR count). The van der Waals surface area contributed by atoms with Crippen molar-refractivity contribution in [1.82, 2.24) is 24.2 Å². The van der Waals surface area contributed by atoms with Crippen LogP contribution in [0, 0.1) is 4.77 Å². The number of pyridine rings is 1. The molecule has 4 aromatic rings. The first-order chi connectivity index (χ1) is 15.7. The maximum Gasteiger partial charge on any atom is 0.199 e. The van der Waals surface area contributed by atoms with Gasteiger partial charge in [0.25, 0.3) is 0 Å². The third-order valence-corrected chi connectivity index (χ3v) is 5.64. The molecule has 0 N–H and O–H groups in total. The zero-order chi connectivity index (χ0) is 22.2. The van der Waals surface area contributed by atoms with Crippen molar-refractivity contribution >= 4 is 12.2 Å². The number of nitrogens with zero attached hydrogens (tertiary/aromatic N) is 5. The third kappa shape index (κ3) is 5.56. The number of rotatable bonds is 10. The summed E-state index contributed by atoms with van der Waals surface area (Å²) in [7, 11) is 1.70. The molecule has 32 heavy (non-hydrogen) atoms. The average Bonchev–Trinajstić information content (AvgIpc) is 3.14. The SMILES string of the molecule is COCCn1c(-c2ccncc2)nn(CN(Cc2ccccc2)Cc2ccccc2)c1=S. The Morgan fingerprint density at radius 1 is 0.875 bits per heavy atom. The number of benzene rings is 2. The standard InChI is InChI=1S/C25H27N5OS/c1-31-17-16-29-24(23-12-14-26-15-13-23)27-30(25(29)32)20-28(18-21-8-4-2-5-9-21)19-22-10-6-3-7-11-22/h2-15H,16-20H2,1H3. The lowest BCUT2D eigenvalue weighted by Gasteiger charge is -2.22. The zero-order valence-corrected chi connectivity index (χ0v) is 19.0. The summed E-state index contributed by atoms with van der Waals surface area (Å²) in [5, 5.41) is 4.91. The van der Waals surface area contributed by atoms with E-state index in [4.69, 9.17) is 22.1 Å². The minimum atomic E-state index is 0.565. The summed E-state index contributed by atoms with van der Waals surface area (Å²) in [5.74, 6) is 0.828. The van der Waals surface area contributed by atoms with Gasteiger partial charge in [0, 0.05) is 38.2 Å². The number of hydrogen-bond donors (Lipinski definition) is 0. The molecule has 2 aromatic carbocycles. The molecule has 2 heterocycles. The van der Waals surface area contributed by atoms with Gasteiger partial charge in [-0.3, -0.25) is 14.5 Å². The molecule has 0 fully saturated rings. The monoisotopic (exact) mass is 445 g/mol. The molecule has 6 nitrogen and oxygen atoms in total. The number of methoxy groups -OCH3 is 1. The van der Waals surface area contributed by atoms with Crippen LogP contribution in [0.15, 0.2) is 85.2 Å². The van der Waals surface area contributed by atoms with Gasteiger partial charge in [-0.25, -0.2) is 4.68 Å². The fourth-order valence-corrected chi connectivity index (χ4v) is 3.94. The van der Waals surface area contributed by atoms with E-state index in [1.54, 1.807) is 19.5 Å². The molecular formula is C25H27N5OS. The number of hydrogen-bond acceptors (Lipinski definition) is 5. The van der Waals surface area contributed by atoms with E-state index in [1.165, 1.54) is 11.1 Å². The first-order valence-electron chi connectivity index (χ1n) is 10.6. The number of aromatic nitrogens is 4. The van der Waals surface area contributed by atoms with Crippen molar-refractivity contribution in [3.63, 3.8) is 0 Å². The quantitative estimate of drug-likeness (QED) is 0.329. The van der Waals surface area contributed by atoms with E-state index < -0.39 is 0 Å². The predicted octanol–water partition coefficient (Wildman–Crippen LogP) is 4.78. The van der Waals surface area contributed by atoms with Crippen LogP contribution in [0.4, 0.5) is 0 Å². The van der Waals surface area contributed by atoms with Gasteiger partial charge in [-0.05, 0) is 35.5 Å². The minimum Gasteiger partial charge on any atom is -0.383 e. The fraction of sp³-hybridized carbons (Fsp3) is 0.240. The summed E-state index contributed by atoms with van der Waals surface area (Å²) < 4.78 is 9.94. The van der Waals surface area contributed by atoms with E-state index in [0.717, 1.165) is 24.5 Å². The molecule has 0 bridgehead atoms. The van der Waals surface area contributed by atoms with Crippen LogP contribution < -0.4 is 0 Å². The van der Waals surface area contributed by atoms with E-state index in [9.17, 15) is 0 Å². The van der Waals surface area contributed by atoms with Gasteiger partial charge in [-0.15, -0.1) is 0 Å². The highest BCUT2D eigenvalue weighted by atomic mass is 32.1. The largest absolute Gasteiger partial charge is 0.383 e. The molecule has 0 saturated carbocycles. The lowest BCUT2D eigenvalue weighted by Crippen LogP contribution is -2.26. The van der Waals surface area contributed by atoms with Gasteiger partial charge < -0.3 is 4.74 Å². The maximum atomic E-state index is 5.84. The molecule has 0 amide bonds. The second kappa shape index (κ2) is 10.9. The van der Waals surface area contributed by atoms with Crippen molar-refractivity contribution in [2.24, 2.45) is 0 Å². The van der Waals surface area contributed by atoms with Crippen LogP contribution in [0.1, 0.15) is 11.1 Å². The Bertz CT molecular complexity index is 1120. The normalized spacial score (nSPS) is 11.2. The minimum absolute atomic E-state index is 0.565. The molecule has 0 aliphatic carbocycles. The van der Waals surface area contributed by atoms with Crippen LogP contribution in [-0.2, 0) is 31.0 Å². The van der Waals surface area contributed by atoms with E-state index in [2.05, 4.69) is 58.4 Å². The molecule has 2 aromatic heterocycles. The Hall–Kier alpha value is -3.13. The van der Waals surface area contributed by atoms with Crippen LogP contribution >= 0.6 is 12.2 Å². The fourth-order valence-electron chi connectivity index (χ4n) is 3.66. The molecule has 0 aliphatic rings. The molecule has 0 spiro atoms. The van der Waals surface area contributed by atoms with Gasteiger partial charge in [-0.1, -0.05) is 60.7 Å². The second-order valence-corrected chi connectivity index (χ2v) is 7.95. The summed E-state index contributed by atoms with van der Waals surface area (Å²) in [6, 6.07) is 24.9. The van der Waals surface area contributed by atoms with Gasteiger partial charge >= 0.3 is 0 Å². The van der Waals surface area contributed by atoms with Gasteiger partial charge in [-0.2, -0.15) is 5.10 Å². The van der Waals surface area contributed by atoms with Crippen molar-refractivity contribution in [1.29, 1.82) is 0 Å². The molecular weight excluding hydrogens is 418 g/mol. The second-order valence-electron chi connectivity index (χ2n) is 7.59. The van der Waals surface area contributed by atoms with Crippen LogP contribution in [0.5, 0.6) is 0 Å². The summed E-state index contributed by atoms with van der Waals surface area (Å²) >= 11 is 5.84. The molecule has 0 atom stereocenters. The maximum absolute atomic E-state index is 5.84. The van der Waals surface area contributed by atoms with Gasteiger partial charge in [0.15, 0.2) is 10.6 Å². The van der Waals surface area contributed by atoms with Crippen molar-refractivity contribution in [3.05, 3.63) is 101 Å². The summed E-state index contributed by atoms with van der Waals surface area (Å²) in [6.45, 7) is 3.39. The van der Waals surface area contributed by atoms with E-state index in [0.29, 0.717) is 24.6 Å². The third-order valence-electron chi connectivity index (χ3n) is 5.21. The van der Waals surface area contributed by atoms with E-state index in [1.807, 2.05) is 33.5 Å². The smallest absolute Gasteiger partial charge is 0.199 e. The topological polar surface area (TPSA) is 48.1 Å². The van der Waals surface area contributed by atoms with Gasteiger partial charge in [0.2, 0.25) is 0 Å². The van der Waals surface area contributed by atoms with Crippen molar-refractivity contribution in [2.75, 3.05) is 13.7 Å². The lowest BCUT2D eigenvalue weighted by molar-refractivity contribution is 0.181. The van der Waals surface area contributed by atoms with Crippen molar-refractivity contribution in [3.8, 4) is 11.4 Å². The molecule has 0 saturated heterocycles. The average molecular weight is 446 g/mol. The molecule has 164 valence electrons. The zero-order valence-electron chi connectivity index (χ0n) is 18.2. The van der Waals surface area contributed by atoms with Gasteiger partial charge in [0.1, 0.15) is 0 Å². The summed E-state index contributed by atoms with van der Waals surface area (Å²) in [4.78, 5) is 6.48. The Morgan fingerprint density at radius 2 is 1.47 bits per heavy atom. The highest BCUT2D eigenvalue weighted by Crippen LogP contribution is 2.19. The lowest BCUT2D eigenvalue weighted by atomic mass is 10.2. The molecule has 7 heteroatoms. The predicted molar refractivity (Wildman–Crippen MR) is 128 cm³/mol. The Labute approximate surface area is 193 Å². The van der Waals surface area contributed by atoms with Crippen molar-refractivity contribution in [2.45, 2.75) is 26.3 Å². The Morgan fingerprint density at radius 3 is 2.03 bits per heavy atom. The van der Waals surface area contributed by atoms with Gasteiger partial charge in [0.05, 0.1) is 19.8 Å². The Kier molecular flexibility index (Phi) is 7.55. The summed E-state index contributed by atoms with van der Waals surface area (Å²) in [5.41, 5.74) is 3.49. The van der Waals surface area contributed by atoms with Crippen molar-refractivity contribution < 1.29 is 4.74 Å². The van der Waals surface area contributed by atoms with Crippen LogP contribution in [-0.4, -0.2) is 37.9 Å². The molecule has 0 unspecified atom stereocenters. The molecule has 0 aliphatic heterocycles. The molecule has 0 radical (unpaired) electrons. The van der Waals surface area contributed by atoms with E-state index in [-0.39, 0.29) is 0 Å². The first-order valence-corrected chi connectivity index (χ1v) is 11.0.